The van der Waals surface area contributed by atoms with Crippen LogP contribution in [0.15, 0.2) is 78.9 Å². The van der Waals surface area contributed by atoms with E-state index in [-0.39, 0.29) is 36.4 Å². The highest BCUT2D eigenvalue weighted by Gasteiger charge is 2.35. The van der Waals surface area contributed by atoms with E-state index in [1.807, 2.05) is 56.3 Å². The fraction of sp³-hybridized carbons (Fsp3) is 0.394. The summed E-state index contributed by atoms with van der Waals surface area (Å²) in [6, 6.07) is 21.6. The molecule has 0 aromatic heterocycles. The molecule has 9 heteroatoms. The van der Waals surface area contributed by atoms with Gasteiger partial charge in [-0.1, -0.05) is 93.4 Å². The molecule has 1 saturated carbocycles. The van der Waals surface area contributed by atoms with Crippen LogP contribution in [0, 0.1) is 5.82 Å². The highest BCUT2D eigenvalue weighted by Crippen LogP contribution is 2.29. The van der Waals surface area contributed by atoms with Crippen molar-refractivity contribution in [2.24, 2.45) is 0 Å². The Labute approximate surface area is 248 Å². The maximum atomic E-state index is 14.9. The summed E-state index contributed by atoms with van der Waals surface area (Å²) < 4.78 is 42.3. The molecule has 1 fully saturated rings. The number of anilines is 1. The Hall–Kier alpha value is -3.72. The second-order valence-electron chi connectivity index (χ2n) is 11.3. The van der Waals surface area contributed by atoms with Gasteiger partial charge in [0.1, 0.15) is 18.4 Å². The van der Waals surface area contributed by atoms with Crippen LogP contribution in [0.3, 0.4) is 0 Å². The standard InChI is InChI=1S/C33H40FN3O4S/c1-24(2)28-18-10-12-20-30(28)37(42(3,40)41)23-32(38)36(22-26-15-7-11-19-29(26)34)31(21-25-13-5-4-6-14-25)33(39)35-27-16-8-9-17-27/h4-7,10-15,18-20,24,27,31H,8-9,16-17,21-23H2,1-3H3,(H,35,39)/t31-/m1/s1. The predicted molar refractivity (Wildman–Crippen MR) is 164 cm³/mol. The van der Waals surface area contributed by atoms with E-state index in [4.69, 9.17) is 0 Å². The van der Waals surface area contributed by atoms with Crippen LogP contribution in [0.1, 0.15) is 62.1 Å². The van der Waals surface area contributed by atoms with E-state index in [1.54, 1.807) is 30.3 Å². The molecule has 1 aliphatic rings. The first-order valence-electron chi connectivity index (χ1n) is 14.5. The number of hydrogen-bond donors (Lipinski definition) is 1. The molecule has 0 heterocycles. The second-order valence-corrected chi connectivity index (χ2v) is 13.2. The lowest BCUT2D eigenvalue weighted by Gasteiger charge is -2.34. The number of hydrogen-bond acceptors (Lipinski definition) is 4. The van der Waals surface area contributed by atoms with Crippen LogP contribution >= 0.6 is 0 Å². The van der Waals surface area contributed by atoms with E-state index in [0.717, 1.165) is 47.4 Å². The minimum absolute atomic E-state index is 0.00177. The first-order valence-corrected chi connectivity index (χ1v) is 16.3. The van der Waals surface area contributed by atoms with E-state index in [9.17, 15) is 22.4 Å². The normalized spacial score (nSPS) is 14.5. The van der Waals surface area contributed by atoms with Gasteiger partial charge < -0.3 is 10.2 Å². The summed E-state index contributed by atoms with van der Waals surface area (Å²) in [6.07, 6.45) is 5.02. The molecule has 1 N–H and O–H groups in total. The van der Waals surface area contributed by atoms with Gasteiger partial charge in [-0.25, -0.2) is 12.8 Å². The minimum Gasteiger partial charge on any atom is -0.352 e. The van der Waals surface area contributed by atoms with Crippen molar-refractivity contribution in [3.63, 3.8) is 0 Å². The molecule has 1 aliphatic carbocycles. The zero-order valence-corrected chi connectivity index (χ0v) is 25.3. The zero-order valence-electron chi connectivity index (χ0n) is 24.5. The average molecular weight is 594 g/mol. The molecule has 3 aromatic rings. The lowest BCUT2D eigenvalue weighted by Crippen LogP contribution is -2.54. The number of halogens is 1. The summed E-state index contributed by atoms with van der Waals surface area (Å²) in [5.74, 6) is -1.43. The van der Waals surface area contributed by atoms with Crippen molar-refractivity contribution >= 4 is 27.5 Å². The summed E-state index contributed by atoms with van der Waals surface area (Å²) in [4.78, 5) is 29.5. The van der Waals surface area contributed by atoms with Crippen LogP contribution in [0.5, 0.6) is 0 Å². The number of rotatable bonds is 12. The van der Waals surface area contributed by atoms with Crippen molar-refractivity contribution < 1.29 is 22.4 Å². The molecular formula is C33H40FN3O4S. The smallest absolute Gasteiger partial charge is 0.244 e. The van der Waals surface area contributed by atoms with Crippen molar-refractivity contribution in [3.05, 3.63) is 101 Å². The van der Waals surface area contributed by atoms with E-state index < -0.39 is 34.3 Å². The van der Waals surface area contributed by atoms with Gasteiger partial charge in [-0.2, -0.15) is 0 Å². The number of carbonyl (C=O) groups is 2. The van der Waals surface area contributed by atoms with Gasteiger partial charge in [0, 0.05) is 24.6 Å². The number of amides is 2. The van der Waals surface area contributed by atoms with Gasteiger partial charge in [0.05, 0.1) is 11.9 Å². The Morgan fingerprint density at radius 1 is 0.929 bits per heavy atom. The molecule has 42 heavy (non-hydrogen) atoms. The van der Waals surface area contributed by atoms with E-state index >= 15 is 0 Å². The minimum atomic E-state index is -3.90. The van der Waals surface area contributed by atoms with Crippen molar-refractivity contribution in [1.29, 1.82) is 0 Å². The van der Waals surface area contributed by atoms with Gasteiger partial charge in [-0.15, -0.1) is 0 Å². The Balaban J connectivity index is 1.76. The topological polar surface area (TPSA) is 86.8 Å². The van der Waals surface area contributed by atoms with Crippen molar-refractivity contribution in [2.75, 3.05) is 17.1 Å². The third-order valence-electron chi connectivity index (χ3n) is 7.78. The Morgan fingerprint density at radius 2 is 1.55 bits per heavy atom. The zero-order chi connectivity index (χ0) is 30.3. The third kappa shape index (κ3) is 7.97. The van der Waals surface area contributed by atoms with Crippen LogP contribution < -0.4 is 9.62 Å². The van der Waals surface area contributed by atoms with E-state index in [2.05, 4.69) is 5.32 Å². The number of nitrogens with zero attached hydrogens (tertiary/aromatic N) is 2. The van der Waals surface area contributed by atoms with Crippen LogP contribution in [0.4, 0.5) is 10.1 Å². The number of benzene rings is 3. The van der Waals surface area contributed by atoms with Crippen LogP contribution in [0.25, 0.3) is 0 Å². The Kier molecular flexibility index (Phi) is 10.4. The van der Waals surface area contributed by atoms with Gasteiger partial charge in [0.2, 0.25) is 21.8 Å². The SMILES string of the molecule is CC(C)c1ccccc1N(CC(=O)N(Cc1ccccc1F)[C@H](Cc1ccccc1)C(=O)NC1CCCC1)S(C)(=O)=O. The molecule has 1 atom stereocenters. The highest BCUT2D eigenvalue weighted by molar-refractivity contribution is 7.92. The summed E-state index contributed by atoms with van der Waals surface area (Å²) in [5.41, 5.74) is 2.26. The largest absolute Gasteiger partial charge is 0.352 e. The average Bonchev–Trinajstić information content (AvgIpc) is 3.47. The van der Waals surface area contributed by atoms with Crippen LogP contribution in [0.2, 0.25) is 0 Å². The first-order chi connectivity index (χ1) is 20.0. The van der Waals surface area contributed by atoms with E-state index in [0.29, 0.717) is 5.69 Å². The molecule has 0 spiro atoms. The number of nitrogens with one attached hydrogen (secondary N) is 1. The molecule has 0 radical (unpaired) electrons. The van der Waals surface area contributed by atoms with Crippen LogP contribution in [-0.2, 0) is 32.6 Å². The maximum Gasteiger partial charge on any atom is 0.244 e. The monoisotopic (exact) mass is 593 g/mol. The molecule has 0 unspecified atom stereocenters. The van der Waals surface area contributed by atoms with Gasteiger partial charge in [0.15, 0.2) is 0 Å². The third-order valence-corrected chi connectivity index (χ3v) is 8.90. The van der Waals surface area contributed by atoms with Crippen LogP contribution in [-0.4, -0.2) is 50.0 Å². The fourth-order valence-electron chi connectivity index (χ4n) is 5.53. The van der Waals surface area contributed by atoms with E-state index in [1.165, 1.54) is 11.0 Å². The number of carbonyl (C=O) groups excluding carboxylic acids is 2. The highest BCUT2D eigenvalue weighted by atomic mass is 32.2. The summed E-state index contributed by atoms with van der Waals surface area (Å²) >= 11 is 0. The van der Waals surface area contributed by atoms with Crippen molar-refractivity contribution in [2.45, 2.75) is 70.5 Å². The summed E-state index contributed by atoms with van der Waals surface area (Å²) in [7, 11) is -3.90. The lowest BCUT2D eigenvalue weighted by molar-refractivity contribution is -0.140. The van der Waals surface area contributed by atoms with Gasteiger partial charge >= 0.3 is 0 Å². The molecule has 2 amide bonds. The van der Waals surface area contributed by atoms with Crippen molar-refractivity contribution in [3.8, 4) is 0 Å². The number of sulfonamides is 1. The maximum absolute atomic E-state index is 14.9. The molecule has 7 nitrogen and oxygen atoms in total. The predicted octanol–water partition coefficient (Wildman–Crippen LogP) is 5.41. The van der Waals surface area contributed by atoms with Gasteiger partial charge in [-0.3, -0.25) is 13.9 Å². The first kappa shape index (κ1) is 31.2. The molecular weight excluding hydrogens is 553 g/mol. The van der Waals surface area contributed by atoms with Crippen molar-refractivity contribution in [1.82, 2.24) is 10.2 Å². The Bertz CT molecular complexity index is 1470. The molecule has 3 aromatic carbocycles. The molecule has 0 bridgehead atoms. The Morgan fingerprint density at radius 3 is 2.19 bits per heavy atom. The molecule has 224 valence electrons. The molecule has 0 aliphatic heterocycles. The second kappa shape index (κ2) is 14.0. The molecule has 0 saturated heterocycles. The van der Waals surface area contributed by atoms with Gasteiger partial charge in [0.25, 0.3) is 0 Å². The fourth-order valence-corrected chi connectivity index (χ4v) is 6.40. The number of para-hydroxylation sites is 1. The summed E-state index contributed by atoms with van der Waals surface area (Å²) in [6.45, 7) is 3.19. The quantitative estimate of drug-likeness (QED) is 0.304. The molecule has 4 rings (SSSR count). The summed E-state index contributed by atoms with van der Waals surface area (Å²) in [5, 5.41) is 3.12. The van der Waals surface area contributed by atoms with Gasteiger partial charge in [-0.05, 0) is 42.0 Å². The lowest BCUT2D eigenvalue weighted by atomic mass is 10.0.